The van der Waals surface area contributed by atoms with Crippen LogP contribution in [0.25, 0.3) is 21.8 Å². The number of H-pyrrole nitrogens is 2. The summed E-state index contributed by atoms with van der Waals surface area (Å²) in [5.41, 5.74) is 5.70. The molecule has 2 aromatic carbocycles. The molecule has 0 saturated heterocycles. The summed E-state index contributed by atoms with van der Waals surface area (Å²) in [5.74, 6) is -0.118. The molecule has 0 radical (unpaired) electrons. The Morgan fingerprint density at radius 3 is 2.78 bits per heavy atom. The third-order valence-corrected chi connectivity index (χ3v) is 4.27. The van der Waals surface area contributed by atoms with Crippen LogP contribution in [0.4, 0.5) is 5.69 Å². The first-order chi connectivity index (χ1) is 11.1. The molecule has 0 bridgehead atoms. The van der Waals surface area contributed by atoms with E-state index in [0.29, 0.717) is 5.56 Å². The van der Waals surface area contributed by atoms with E-state index >= 15 is 0 Å². The third kappa shape index (κ3) is 2.26. The van der Waals surface area contributed by atoms with E-state index in [1.54, 1.807) is 6.20 Å². The maximum atomic E-state index is 12.5. The number of hydrogen-bond acceptors (Lipinski definition) is 2. The van der Waals surface area contributed by atoms with Crippen LogP contribution in [-0.4, -0.2) is 21.1 Å². The molecule has 0 spiro atoms. The van der Waals surface area contributed by atoms with Gasteiger partial charge in [-0.3, -0.25) is 9.89 Å². The van der Waals surface area contributed by atoms with Gasteiger partial charge in [0, 0.05) is 33.2 Å². The summed E-state index contributed by atoms with van der Waals surface area (Å²) < 4.78 is 0. The Hall–Kier alpha value is -3.08. The third-order valence-electron chi connectivity index (χ3n) is 4.27. The van der Waals surface area contributed by atoms with E-state index in [1.165, 1.54) is 5.56 Å². The smallest absolute Gasteiger partial charge is 0.255 e. The molecule has 5 nitrogen and oxygen atoms in total. The highest BCUT2D eigenvalue weighted by atomic mass is 16.1. The highest BCUT2D eigenvalue weighted by Crippen LogP contribution is 2.23. The second kappa shape index (κ2) is 4.98. The van der Waals surface area contributed by atoms with Gasteiger partial charge < -0.3 is 10.3 Å². The van der Waals surface area contributed by atoms with Crippen molar-refractivity contribution in [3.05, 3.63) is 59.4 Å². The standard InChI is InChI=1S/C18H16N4O/c1-10-11(2)20-17-5-3-12(8-15(10)17)18(23)21-14-4-6-16-13(7-14)9-19-22-16/h3-9,20H,1-2H3,(H,19,22)(H,21,23). The Morgan fingerprint density at radius 1 is 1.09 bits per heavy atom. The number of aryl methyl sites for hydroxylation is 2. The predicted molar refractivity (Wildman–Crippen MR) is 91.8 cm³/mol. The van der Waals surface area contributed by atoms with Gasteiger partial charge >= 0.3 is 0 Å². The number of anilines is 1. The van der Waals surface area contributed by atoms with Crippen LogP contribution in [0.15, 0.2) is 42.6 Å². The lowest BCUT2D eigenvalue weighted by Gasteiger charge is -2.06. The number of carbonyl (C=O) groups is 1. The van der Waals surface area contributed by atoms with Gasteiger partial charge in [0.1, 0.15) is 0 Å². The maximum absolute atomic E-state index is 12.5. The first-order valence-electron chi connectivity index (χ1n) is 7.45. The number of amides is 1. The van der Waals surface area contributed by atoms with E-state index in [-0.39, 0.29) is 5.91 Å². The zero-order chi connectivity index (χ0) is 16.0. The van der Waals surface area contributed by atoms with Gasteiger partial charge in [-0.1, -0.05) is 0 Å². The molecule has 114 valence electrons. The van der Waals surface area contributed by atoms with E-state index in [0.717, 1.165) is 33.2 Å². The van der Waals surface area contributed by atoms with Gasteiger partial charge in [-0.25, -0.2) is 0 Å². The molecule has 0 fully saturated rings. The minimum absolute atomic E-state index is 0.118. The molecule has 2 heterocycles. The molecule has 4 aromatic rings. The molecule has 3 N–H and O–H groups in total. The quantitative estimate of drug-likeness (QED) is 0.525. The van der Waals surface area contributed by atoms with E-state index in [9.17, 15) is 4.79 Å². The molecular formula is C18H16N4O. The summed E-state index contributed by atoms with van der Waals surface area (Å²) in [6.45, 7) is 4.10. The first-order valence-corrected chi connectivity index (χ1v) is 7.45. The lowest BCUT2D eigenvalue weighted by atomic mass is 10.1. The lowest BCUT2D eigenvalue weighted by Crippen LogP contribution is -2.11. The molecule has 0 atom stereocenters. The second-order valence-electron chi connectivity index (χ2n) is 5.76. The summed E-state index contributed by atoms with van der Waals surface area (Å²) in [4.78, 5) is 15.8. The van der Waals surface area contributed by atoms with Crippen molar-refractivity contribution in [2.24, 2.45) is 0 Å². The largest absolute Gasteiger partial charge is 0.358 e. The topological polar surface area (TPSA) is 73.6 Å². The Kier molecular flexibility index (Phi) is 2.94. The number of carbonyl (C=O) groups excluding carboxylic acids is 1. The molecule has 0 aliphatic carbocycles. The molecule has 4 rings (SSSR count). The minimum Gasteiger partial charge on any atom is -0.358 e. The van der Waals surface area contributed by atoms with Crippen LogP contribution in [0.3, 0.4) is 0 Å². The van der Waals surface area contributed by atoms with Crippen molar-refractivity contribution in [3.63, 3.8) is 0 Å². The number of aromatic nitrogens is 3. The summed E-state index contributed by atoms with van der Waals surface area (Å²) in [6, 6.07) is 11.4. The Morgan fingerprint density at radius 2 is 1.91 bits per heavy atom. The molecular weight excluding hydrogens is 288 g/mol. The average Bonchev–Trinajstić information content (AvgIpc) is 3.12. The fourth-order valence-corrected chi connectivity index (χ4v) is 2.83. The monoisotopic (exact) mass is 304 g/mol. The van der Waals surface area contributed by atoms with Crippen molar-refractivity contribution < 1.29 is 4.79 Å². The summed E-state index contributed by atoms with van der Waals surface area (Å²) >= 11 is 0. The van der Waals surface area contributed by atoms with Crippen molar-refractivity contribution in [3.8, 4) is 0 Å². The van der Waals surface area contributed by atoms with Gasteiger partial charge in [0.2, 0.25) is 0 Å². The van der Waals surface area contributed by atoms with Crippen LogP contribution >= 0.6 is 0 Å². The number of hydrogen-bond donors (Lipinski definition) is 3. The average molecular weight is 304 g/mol. The highest BCUT2D eigenvalue weighted by molar-refractivity contribution is 6.07. The van der Waals surface area contributed by atoms with Gasteiger partial charge in [0.15, 0.2) is 0 Å². The fourth-order valence-electron chi connectivity index (χ4n) is 2.83. The fraction of sp³-hybridized carbons (Fsp3) is 0.111. The summed E-state index contributed by atoms with van der Waals surface area (Å²) in [7, 11) is 0. The van der Waals surface area contributed by atoms with Crippen molar-refractivity contribution in [1.82, 2.24) is 15.2 Å². The van der Waals surface area contributed by atoms with Crippen molar-refractivity contribution in [2.75, 3.05) is 5.32 Å². The van der Waals surface area contributed by atoms with Crippen molar-refractivity contribution in [1.29, 1.82) is 0 Å². The number of nitrogens with zero attached hydrogens (tertiary/aromatic N) is 1. The molecule has 5 heteroatoms. The van der Waals surface area contributed by atoms with Crippen LogP contribution in [0.1, 0.15) is 21.6 Å². The normalized spacial score (nSPS) is 11.2. The molecule has 0 unspecified atom stereocenters. The predicted octanol–water partition coefficient (Wildman–Crippen LogP) is 3.91. The first kappa shape index (κ1) is 13.6. The number of aromatic amines is 2. The molecule has 0 aliphatic heterocycles. The van der Waals surface area contributed by atoms with E-state index in [1.807, 2.05) is 43.3 Å². The number of fused-ring (bicyclic) bond motifs is 2. The van der Waals surface area contributed by atoms with Crippen LogP contribution < -0.4 is 5.32 Å². The van der Waals surface area contributed by atoms with Crippen LogP contribution in [-0.2, 0) is 0 Å². The van der Waals surface area contributed by atoms with Gasteiger partial charge in [-0.15, -0.1) is 0 Å². The lowest BCUT2D eigenvalue weighted by molar-refractivity contribution is 0.102. The van der Waals surface area contributed by atoms with Gasteiger partial charge in [0.25, 0.3) is 5.91 Å². The van der Waals surface area contributed by atoms with Crippen LogP contribution in [0.5, 0.6) is 0 Å². The molecule has 0 aliphatic rings. The van der Waals surface area contributed by atoms with Gasteiger partial charge in [-0.2, -0.15) is 5.10 Å². The SMILES string of the molecule is Cc1[nH]c2ccc(C(=O)Nc3ccc4[nH]ncc4c3)cc2c1C. The number of nitrogens with one attached hydrogen (secondary N) is 3. The van der Waals surface area contributed by atoms with Crippen molar-refractivity contribution in [2.45, 2.75) is 13.8 Å². The maximum Gasteiger partial charge on any atom is 0.255 e. The van der Waals surface area contributed by atoms with Crippen LogP contribution in [0.2, 0.25) is 0 Å². The zero-order valence-corrected chi connectivity index (χ0v) is 12.9. The molecule has 0 saturated carbocycles. The van der Waals surface area contributed by atoms with Gasteiger partial charge in [-0.05, 0) is 55.8 Å². The molecule has 1 amide bonds. The van der Waals surface area contributed by atoms with Crippen LogP contribution in [0, 0.1) is 13.8 Å². The van der Waals surface area contributed by atoms with E-state index in [2.05, 4.69) is 27.4 Å². The zero-order valence-electron chi connectivity index (χ0n) is 12.9. The number of rotatable bonds is 2. The second-order valence-corrected chi connectivity index (χ2v) is 5.76. The van der Waals surface area contributed by atoms with Gasteiger partial charge in [0.05, 0.1) is 11.7 Å². The Labute approximate surface area is 132 Å². The summed E-state index contributed by atoms with van der Waals surface area (Å²) in [6.07, 6.45) is 1.74. The van der Waals surface area contributed by atoms with Crippen molar-refractivity contribution >= 4 is 33.4 Å². The summed E-state index contributed by atoms with van der Waals surface area (Å²) in [5, 5.41) is 11.9. The molecule has 23 heavy (non-hydrogen) atoms. The van der Waals surface area contributed by atoms with E-state index < -0.39 is 0 Å². The highest BCUT2D eigenvalue weighted by Gasteiger charge is 2.10. The number of benzene rings is 2. The Bertz CT molecular complexity index is 1040. The Balaban J connectivity index is 1.66. The molecule has 2 aromatic heterocycles. The van der Waals surface area contributed by atoms with E-state index in [4.69, 9.17) is 0 Å². The minimum atomic E-state index is -0.118.